The molecule has 0 aromatic heterocycles. The number of unbranched alkanes of at least 4 members (excludes halogenated alkanes) is 1. The average molecular weight is 184 g/mol. The molecule has 0 fully saturated rings. The van der Waals surface area contributed by atoms with Crippen LogP contribution in [0, 0.1) is 0 Å². The first-order chi connectivity index (χ1) is 4.68. The molecule has 0 aliphatic carbocycles. The number of halogens is 1. The molecule has 0 spiro atoms. The molecule has 0 aliphatic rings. The van der Waals surface area contributed by atoms with E-state index in [0.717, 1.165) is 12.8 Å². The maximum absolute atomic E-state index is 9.76. The third-order valence-corrected chi connectivity index (χ3v) is 0.744. The number of aliphatic carboxylic acids is 1. The van der Waals surface area contributed by atoms with E-state index in [4.69, 9.17) is 5.11 Å². The summed E-state index contributed by atoms with van der Waals surface area (Å²) < 4.78 is 0. The summed E-state index contributed by atoms with van der Waals surface area (Å²) in [4.78, 5) is 9.76. The van der Waals surface area contributed by atoms with Crippen molar-refractivity contribution in [1.82, 2.24) is 5.32 Å². The number of hydrogen-bond donors (Lipinski definition) is 2. The van der Waals surface area contributed by atoms with Gasteiger partial charge in [0.2, 0.25) is 0 Å². The van der Waals surface area contributed by atoms with Crippen molar-refractivity contribution in [3.05, 3.63) is 0 Å². The van der Waals surface area contributed by atoms with E-state index in [2.05, 4.69) is 5.32 Å². The first-order valence-corrected chi connectivity index (χ1v) is 3.49. The van der Waals surface area contributed by atoms with Crippen LogP contribution >= 0.6 is 12.4 Å². The van der Waals surface area contributed by atoms with E-state index in [0.29, 0.717) is 6.42 Å². The molecule has 0 aliphatic heterocycles. The minimum Gasteiger partial charge on any atom is -0.481 e. The maximum atomic E-state index is 9.76. The lowest BCUT2D eigenvalue weighted by Gasteiger charge is -1.85. The first kappa shape index (κ1) is 17.0. The lowest BCUT2D eigenvalue weighted by atomic mass is 10.3. The van der Waals surface area contributed by atoms with E-state index in [9.17, 15) is 4.79 Å². The molecule has 70 valence electrons. The molecule has 0 amide bonds. The Hall–Kier alpha value is -0.280. The van der Waals surface area contributed by atoms with Crippen molar-refractivity contribution < 1.29 is 9.90 Å². The smallest absolute Gasteiger partial charge is 0.303 e. The third kappa shape index (κ3) is 41.9. The quantitative estimate of drug-likeness (QED) is 0.698. The molecule has 0 saturated carbocycles. The van der Waals surface area contributed by atoms with Crippen LogP contribution in [-0.2, 0) is 4.79 Å². The summed E-state index contributed by atoms with van der Waals surface area (Å²) in [6, 6.07) is 0. The molecule has 0 heterocycles. The van der Waals surface area contributed by atoms with Crippen molar-refractivity contribution in [2.24, 2.45) is 0 Å². The Labute approximate surface area is 74.6 Å². The molecule has 0 bridgehead atoms. The molecular weight excluding hydrogens is 166 g/mol. The second kappa shape index (κ2) is 16.4. The van der Waals surface area contributed by atoms with Gasteiger partial charge in [-0.3, -0.25) is 4.79 Å². The Morgan fingerprint density at radius 3 is 1.91 bits per heavy atom. The normalized spacial score (nSPS) is 7.18. The number of nitrogens with one attached hydrogen (secondary N) is 1. The summed E-state index contributed by atoms with van der Waals surface area (Å²) in [6.07, 6.45) is 2.08. The van der Waals surface area contributed by atoms with Crippen LogP contribution in [0.25, 0.3) is 0 Å². The van der Waals surface area contributed by atoms with Gasteiger partial charge in [-0.25, -0.2) is 0 Å². The molecule has 0 unspecified atom stereocenters. The molecule has 0 atom stereocenters. The third-order valence-electron chi connectivity index (χ3n) is 0.744. The molecule has 0 rings (SSSR count). The summed E-state index contributed by atoms with van der Waals surface area (Å²) in [5, 5.41) is 10.8. The number of carboxylic acids is 1. The fourth-order valence-electron chi connectivity index (χ4n) is 0.328. The van der Waals surface area contributed by atoms with E-state index in [1.807, 2.05) is 21.0 Å². The van der Waals surface area contributed by atoms with Crippen molar-refractivity contribution in [2.45, 2.75) is 26.2 Å². The Morgan fingerprint density at radius 1 is 1.45 bits per heavy atom. The minimum absolute atomic E-state index is 0. The van der Waals surface area contributed by atoms with Crippen LogP contribution in [0.15, 0.2) is 0 Å². The molecule has 0 saturated heterocycles. The van der Waals surface area contributed by atoms with E-state index >= 15 is 0 Å². The van der Waals surface area contributed by atoms with Crippen molar-refractivity contribution >= 4 is 18.4 Å². The molecule has 4 heteroatoms. The van der Waals surface area contributed by atoms with Crippen LogP contribution in [0.5, 0.6) is 0 Å². The van der Waals surface area contributed by atoms with Crippen molar-refractivity contribution in [1.29, 1.82) is 0 Å². The zero-order valence-corrected chi connectivity index (χ0v) is 8.20. The maximum Gasteiger partial charge on any atom is 0.303 e. The van der Waals surface area contributed by atoms with Gasteiger partial charge in [-0.15, -0.1) is 12.4 Å². The van der Waals surface area contributed by atoms with Crippen LogP contribution in [0.3, 0.4) is 0 Å². The van der Waals surface area contributed by atoms with Gasteiger partial charge in [-0.1, -0.05) is 13.3 Å². The molecule has 2 N–H and O–H groups in total. The van der Waals surface area contributed by atoms with Gasteiger partial charge in [0.15, 0.2) is 0 Å². The van der Waals surface area contributed by atoms with Crippen molar-refractivity contribution in [3.63, 3.8) is 0 Å². The van der Waals surface area contributed by atoms with Gasteiger partial charge in [-0.05, 0) is 20.5 Å². The summed E-state index contributed by atoms with van der Waals surface area (Å²) in [6.45, 7) is 1.98. The second-order valence-corrected chi connectivity index (χ2v) is 2.00. The first-order valence-electron chi connectivity index (χ1n) is 3.49. The van der Waals surface area contributed by atoms with Gasteiger partial charge in [0.05, 0.1) is 0 Å². The SMILES string of the molecule is CCCCC(=O)O.CNC.Cl. The van der Waals surface area contributed by atoms with E-state index in [1.54, 1.807) is 0 Å². The summed E-state index contributed by atoms with van der Waals surface area (Å²) >= 11 is 0. The number of rotatable bonds is 3. The van der Waals surface area contributed by atoms with Crippen LogP contribution in [0.1, 0.15) is 26.2 Å². The topological polar surface area (TPSA) is 49.3 Å². The fourth-order valence-corrected chi connectivity index (χ4v) is 0.328. The standard InChI is InChI=1S/C5H10O2.C2H7N.ClH/c1-2-3-4-5(6)7;1-3-2;/h2-4H2,1H3,(H,6,7);3H,1-2H3;1H. The van der Waals surface area contributed by atoms with Gasteiger partial charge < -0.3 is 10.4 Å². The van der Waals surface area contributed by atoms with Gasteiger partial charge in [0, 0.05) is 6.42 Å². The molecule has 11 heavy (non-hydrogen) atoms. The average Bonchev–Trinajstić information content (AvgIpc) is 1.85. The van der Waals surface area contributed by atoms with Crippen molar-refractivity contribution in [2.75, 3.05) is 14.1 Å². The van der Waals surface area contributed by atoms with E-state index in [-0.39, 0.29) is 12.4 Å². The largest absolute Gasteiger partial charge is 0.481 e. The lowest BCUT2D eigenvalue weighted by Crippen LogP contribution is -1.91. The highest BCUT2D eigenvalue weighted by molar-refractivity contribution is 5.85. The molecule has 3 nitrogen and oxygen atoms in total. The summed E-state index contributed by atoms with van der Waals surface area (Å²) in [5.74, 6) is -0.693. The van der Waals surface area contributed by atoms with Gasteiger partial charge >= 0.3 is 5.97 Å². The van der Waals surface area contributed by atoms with Crippen molar-refractivity contribution in [3.8, 4) is 0 Å². The predicted molar refractivity (Wildman–Crippen MR) is 49.4 cm³/mol. The monoisotopic (exact) mass is 183 g/mol. The van der Waals surface area contributed by atoms with Gasteiger partial charge in [0.1, 0.15) is 0 Å². The number of carbonyl (C=O) groups is 1. The van der Waals surface area contributed by atoms with Gasteiger partial charge in [-0.2, -0.15) is 0 Å². The van der Waals surface area contributed by atoms with Crippen LogP contribution in [0.2, 0.25) is 0 Å². The molecule has 0 radical (unpaired) electrons. The number of hydrogen-bond acceptors (Lipinski definition) is 2. The van der Waals surface area contributed by atoms with Crippen LogP contribution in [-0.4, -0.2) is 25.2 Å². The highest BCUT2D eigenvalue weighted by Crippen LogP contribution is 1.91. The molecule has 0 aromatic rings. The summed E-state index contributed by atoms with van der Waals surface area (Å²) in [7, 11) is 3.75. The predicted octanol–water partition coefficient (Wildman–Crippen LogP) is 1.52. The Morgan fingerprint density at radius 2 is 1.82 bits per heavy atom. The van der Waals surface area contributed by atoms with Crippen LogP contribution in [0.4, 0.5) is 0 Å². The molecular formula is C7H18ClNO2. The van der Waals surface area contributed by atoms with E-state index < -0.39 is 5.97 Å². The highest BCUT2D eigenvalue weighted by atomic mass is 35.5. The van der Waals surface area contributed by atoms with Crippen LogP contribution < -0.4 is 5.32 Å². The highest BCUT2D eigenvalue weighted by Gasteiger charge is 1.90. The Balaban J connectivity index is -0.000000140. The Kier molecular flexibility index (Phi) is 25.3. The fraction of sp³-hybridized carbons (Fsp3) is 0.857. The Bertz CT molecular complexity index is 78.8. The molecule has 0 aromatic carbocycles. The zero-order valence-electron chi connectivity index (χ0n) is 7.39. The zero-order chi connectivity index (χ0) is 8.41. The second-order valence-electron chi connectivity index (χ2n) is 2.00. The lowest BCUT2D eigenvalue weighted by molar-refractivity contribution is -0.137. The summed E-state index contributed by atoms with van der Waals surface area (Å²) in [5.41, 5.74) is 0. The van der Waals surface area contributed by atoms with Gasteiger partial charge in [0.25, 0.3) is 0 Å². The minimum atomic E-state index is -0.693. The van der Waals surface area contributed by atoms with E-state index in [1.165, 1.54) is 0 Å². The number of carboxylic acid groups (broad SMARTS) is 1.